The number of aliphatic imine (C=N–C) groups is 1. The number of carbonyl (C=O) groups excluding carboxylic acids is 1. The van der Waals surface area contributed by atoms with Crippen molar-refractivity contribution in [3.8, 4) is 17.2 Å². The van der Waals surface area contributed by atoms with Crippen LogP contribution < -0.4 is 14.2 Å². The Balaban J connectivity index is 1.25. The van der Waals surface area contributed by atoms with Crippen LogP contribution >= 0.6 is 11.8 Å². The van der Waals surface area contributed by atoms with E-state index in [4.69, 9.17) is 19.6 Å². The quantitative estimate of drug-likeness (QED) is 0.268. The summed E-state index contributed by atoms with van der Waals surface area (Å²) in [7, 11) is 1.57. The number of thioether (sulfide) groups is 1. The van der Waals surface area contributed by atoms with E-state index >= 15 is 0 Å². The number of aryl methyl sites for hydroxylation is 1. The van der Waals surface area contributed by atoms with Gasteiger partial charge in [0, 0.05) is 5.92 Å². The highest BCUT2D eigenvalue weighted by atomic mass is 32.2. The van der Waals surface area contributed by atoms with Gasteiger partial charge in [0.15, 0.2) is 17.3 Å². The largest absolute Gasteiger partial charge is 0.493 e. The minimum absolute atomic E-state index is 0.0432. The van der Waals surface area contributed by atoms with E-state index in [0.717, 1.165) is 29.2 Å². The van der Waals surface area contributed by atoms with Crippen LogP contribution in [-0.4, -0.2) is 47.3 Å². The summed E-state index contributed by atoms with van der Waals surface area (Å²) < 4.78 is 17.6. The third-order valence-corrected chi connectivity index (χ3v) is 8.38. The van der Waals surface area contributed by atoms with E-state index in [1.165, 1.54) is 41.6 Å². The second kappa shape index (κ2) is 12.3. The molecule has 0 bridgehead atoms. The number of nitrogens with zero attached hydrogens (tertiary/aromatic N) is 3. The molecule has 40 heavy (non-hydrogen) atoms. The SMILES string of the molecule is COc1cc(C=C2C(=N)N3N=C(C4CCCCC4)SC3=NC2=O)ccc1OCCOc1cc(C)ccc1C(C)C. The van der Waals surface area contributed by atoms with Crippen LogP contribution in [0.2, 0.25) is 0 Å². The first-order chi connectivity index (χ1) is 19.3. The summed E-state index contributed by atoms with van der Waals surface area (Å²) >= 11 is 1.43. The Morgan fingerprint density at radius 3 is 2.52 bits per heavy atom. The summed E-state index contributed by atoms with van der Waals surface area (Å²) in [4.78, 5) is 17.1. The van der Waals surface area contributed by atoms with Gasteiger partial charge < -0.3 is 14.2 Å². The molecule has 210 valence electrons. The fraction of sp³-hybridized carbons (Fsp3) is 0.419. The molecular formula is C31H36N4O4S. The second-order valence-electron chi connectivity index (χ2n) is 10.6. The fourth-order valence-electron chi connectivity index (χ4n) is 5.13. The molecule has 0 radical (unpaired) electrons. The van der Waals surface area contributed by atoms with Crippen LogP contribution in [-0.2, 0) is 4.79 Å². The summed E-state index contributed by atoms with van der Waals surface area (Å²) in [6.45, 7) is 7.08. The van der Waals surface area contributed by atoms with E-state index in [1.54, 1.807) is 25.3 Å². The van der Waals surface area contributed by atoms with Crippen LogP contribution in [0.5, 0.6) is 17.2 Å². The molecule has 0 spiro atoms. The lowest BCUT2D eigenvalue weighted by molar-refractivity contribution is -0.114. The lowest BCUT2D eigenvalue weighted by atomic mass is 9.90. The maximum Gasteiger partial charge on any atom is 0.283 e. The van der Waals surface area contributed by atoms with Gasteiger partial charge in [0.25, 0.3) is 5.91 Å². The summed E-state index contributed by atoms with van der Waals surface area (Å²) in [5, 5.41) is 16.3. The van der Waals surface area contributed by atoms with Crippen molar-refractivity contribution < 1.29 is 19.0 Å². The smallest absolute Gasteiger partial charge is 0.283 e. The summed E-state index contributed by atoms with van der Waals surface area (Å²) in [6.07, 6.45) is 7.50. The van der Waals surface area contributed by atoms with Crippen LogP contribution in [0.25, 0.3) is 6.08 Å². The van der Waals surface area contributed by atoms with Gasteiger partial charge in [-0.15, -0.1) is 0 Å². The monoisotopic (exact) mass is 560 g/mol. The zero-order chi connectivity index (χ0) is 28.2. The number of hydrogen-bond donors (Lipinski definition) is 1. The Morgan fingerprint density at radius 2 is 1.80 bits per heavy atom. The molecule has 0 atom stereocenters. The highest BCUT2D eigenvalue weighted by Gasteiger charge is 2.38. The lowest BCUT2D eigenvalue weighted by Gasteiger charge is -2.20. The predicted octanol–water partition coefficient (Wildman–Crippen LogP) is 6.78. The Bertz CT molecular complexity index is 1390. The highest BCUT2D eigenvalue weighted by molar-refractivity contribution is 8.27. The topological polar surface area (TPSA) is 96.6 Å². The Hall–Kier alpha value is -3.59. The number of rotatable bonds is 9. The number of benzene rings is 2. The molecule has 3 aliphatic rings. The molecule has 1 N–H and O–H groups in total. The standard InChI is InChI=1S/C31H36N4O4S/c1-19(2)23-12-10-20(3)16-26(23)39-15-14-38-25-13-11-21(18-27(25)37-4)17-24-28(32)35-31(33-29(24)36)40-30(34-35)22-8-6-5-7-9-22/h10-13,16-19,22,32H,5-9,14-15H2,1-4H3. The number of carbonyl (C=O) groups is 1. The Morgan fingerprint density at radius 1 is 1.05 bits per heavy atom. The zero-order valence-electron chi connectivity index (χ0n) is 23.5. The number of amidine groups is 2. The summed E-state index contributed by atoms with van der Waals surface area (Å²) in [5.74, 6) is 2.34. The highest BCUT2D eigenvalue weighted by Crippen LogP contribution is 2.37. The van der Waals surface area contributed by atoms with E-state index in [-0.39, 0.29) is 11.4 Å². The van der Waals surface area contributed by atoms with E-state index in [2.05, 4.69) is 49.1 Å². The van der Waals surface area contributed by atoms with Gasteiger partial charge in [-0.2, -0.15) is 15.1 Å². The predicted molar refractivity (Wildman–Crippen MR) is 161 cm³/mol. The summed E-state index contributed by atoms with van der Waals surface area (Å²) in [5.41, 5.74) is 3.22. The van der Waals surface area contributed by atoms with Crippen LogP contribution in [0.3, 0.4) is 0 Å². The first kappa shape index (κ1) is 28.0. The Kier molecular flexibility index (Phi) is 8.59. The Labute approximate surface area is 240 Å². The van der Waals surface area contributed by atoms with Gasteiger partial charge in [0.05, 0.1) is 12.7 Å². The number of hydrazone groups is 1. The van der Waals surface area contributed by atoms with Crippen LogP contribution in [0.15, 0.2) is 52.1 Å². The molecule has 2 aromatic rings. The molecule has 1 aliphatic carbocycles. The van der Waals surface area contributed by atoms with Crippen LogP contribution in [0.4, 0.5) is 0 Å². The maximum absolute atomic E-state index is 12.9. The number of amides is 1. The minimum Gasteiger partial charge on any atom is -0.493 e. The molecule has 0 aromatic heterocycles. The van der Waals surface area contributed by atoms with Crippen molar-refractivity contribution in [3.63, 3.8) is 0 Å². The molecule has 1 saturated carbocycles. The fourth-order valence-corrected chi connectivity index (χ4v) is 6.19. The molecule has 9 heteroatoms. The molecule has 2 aliphatic heterocycles. The average Bonchev–Trinajstić information content (AvgIpc) is 3.38. The van der Waals surface area contributed by atoms with E-state index in [1.807, 2.05) is 6.07 Å². The number of fused-ring (bicyclic) bond motifs is 1. The molecule has 2 aromatic carbocycles. The van der Waals surface area contributed by atoms with Crippen LogP contribution in [0.1, 0.15) is 68.6 Å². The molecule has 1 amide bonds. The second-order valence-corrected chi connectivity index (χ2v) is 11.6. The number of hydrogen-bond acceptors (Lipinski definition) is 7. The van der Waals surface area contributed by atoms with Crippen molar-refractivity contribution in [2.75, 3.05) is 20.3 Å². The van der Waals surface area contributed by atoms with Gasteiger partial charge in [-0.05, 0) is 78.4 Å². The minimum atomic E-state index is -0.433. The van der Waals surface area contributed by atoms with Crippen molar-refractivity contribution >= 4 is 39.8 Å². The van der Waals surface area contributed by atoms with E-state index < -0.39 is 5.91 Å². The van der Waals surface area contributed by atoms with Gasteiger partial charge in [0.1, 0.15) is 24.0 Å². The van der Waals surface area contributed by atoms with Crippen LogP contribution in [0, 0.1) is 18.3 Å². The van der Waals surface area contributed by atoms with Crippen molar-refractivity contribution in [2.45, 2.75) is 58.8 Å². The van der Waals surface area contributed by atoms with Crippen molar-refractivity contribution in [3.05, 3.63) is 58.7 Å². The average molecular weight is 561 g/mol. The molecule has 8 nitrogen and oxygen atoms in total. The molecular weight excluding hydrogens is 524 g/mol. The summed E-state index contributed by atoms with van der Waals surface area (Å²) in [6, 6.07) is 11.7. The molecule has 5 rings (SSSR count). The molecule has 1 fully saturated rings. The van der Waals surface area contributed by atoms with E-state index in [0.29, 0.717) is 47.3 Å². The first-order valence-electron chi connectivity index (χ1n) is 13.9. The van der Waals surface area contributed by atoms with Crippen molar-refractivity contribution in [1.82, 2.24) is 5.01 Å². The lowest BCUT2D eigenvalue weighted by Crippen LogP contribution is -2.35. The van der Waals surface area contributed by atoms with Gasteiger partial charge >= 0.3 is 0 Å². The zero-order valence-corrected chi connectivity index (χ0v) is 24.3. The van der Waals surface area contributed by atoms with E-state index in [9.17, 15) is 4.79 Å². The maximum atomic E-state index is 12.9. The van der Waals surface area contributed by atoms with Gasteiger partial charge in [-0.3, -0.25) is 10.2 Å². The van der Waals surface area contributed by atoms with Gasteiger partial charge in [-0.25, -0.2) is 0 Å². The van der Waals surface area contributed by atoms with Crippen molar-refractivity contribution in [1.29, 1.82) is 5.41 Å². The van der Waals surface area contributed by atoms with Crippen molar-refractivity contribution in [2.24, 2.45) is 16.0 Å². The number of ether oxygens (including phenoxy) is 3. The molecule has 0 saturated heterocycles. The third kappa shape index (κ3) is 6.09. The van der Waals surface area contributed by atoms with Gasteiger partial charge in [0.2, 0.25) is 5.17 Å². The molecule has 0 unspecified atom stereocenters. The normalized spacial score (nSPS) is 18.6. The van der Waals surface area contributed by atoms with Gasteiger partial charge in [-0.1, -0.05) is 51.3 Å². The third-order valence-electron chi connectivity index (χ3n) is 7.31. The first-order valence-corrected chi connectivity index (χ1v) is 14.7. The molecule has 2 heterocycles. The number of nitrogens with one attached hydrogen (secondary N) is 1. The number of methoxy groups -OCH3 is 1.